The van der Waals surface area contributed by atoms with E-state index in [1.165, 1.54) is 0 Å². The Morgan fingerprint density at radius 2 is 1.89 bits per heavy atom. The maximum atomic E-state index is 12.6. The van der Waals surface area contributed by atoms with Crippen LogP contribution in [-0.4, -0.2) is 54.7 Å². The zero-order chi connectivity index (χ0) is 19.9. The van der Waals surface area contributed by atoms with Gasteiger partial charge in [-0.15, -0.1) is 0 Å². The van der Waals surface area contributed by atoms with E-state index < -0.39 is 0 Å². The van der Waals surface area contributed by atoms with Crippen molar-refractivity contribution in [1.82, 2.24) is 9.88 Å². The normalized spacial score (nSPS) is 14.4. The number of carbonyl (C=O) groups excluding carboxylic acids is 2. The molecule has 0 atom stereocenters. The first-order valence-electron chi connectivity index (χ1n) is 9.56. The lowest BCUT2D eigenvalue weighted by molar-refractivity contribution is 0.0979. The van der Waals surface area contributed by atoms with Crippen LogP contribution in [0.5, 0.6) is 0 Å². The molecule has 1 saturated heterocycles. The number of anilines is 2. The maximum absolute atomic E-state index is 12.6. The summed E-state index contributed by atoms with van der Waals surface area (Å²) in [5.74, 6) is 0.626. The molecule has 1 aromatic heterocycles. The van der Waals surface area contributed by atoms with Crippen molar-refractivity contribution in [1.29, 1.82) is 0 Å². The van der Waals surface area contributed by atoms with Gasteiger partial charge < -0.3 is 19.9 Å². The van der Waals surface area contributed by atoms with Crippen molar-refractivity contribution in [3.63, 3.8) is 0 Å². The van der Waals surface area contributed by atoms with Gasteiger partial charge in [0.15, 0.2) is 0 Å². The Morgan fingerprint density at radius 1 is 1.18 bits per heavy atom. The van der Waals surface area contributed by atoms with Gasteiger partial charge >= 0.3 is 6.09 Å². The molecule has 0 saturated carbocycles. The fraction of sp³-hybridized carbons (Fsp3) is 0.381. The number of rotatable bonds is 5. The molecule has 148 valence electrons. The number of benzene rings is 1. The average molecular weight is 382 g/mol. The molecule has 0 radical (unpaired) electrons. The summed E-state index contributed by atoms with van der Waals surface area (Å²) in [6, 6.07) is 13.4. The lowest BCUT2D eigenvalue weighted by atomic mass is 10.1. The minimum absolute atomic E-state index is 0.104. The van der Waals surface area contributed by atoms with Crippen LogP contribution in [0.15, 0.2) is 48.7 Å². The SMILES string of the molecule is CCOC(=O)N1CCC(Nc2ccc(C(=O)N(C)c3ccccc3)cn2)CC1. The summed E-state index contributed by atoms with van der Waals surface area (Å²) in [4.78, 5) is 32.1. The van der Waals surface area contributed by atoms with E-state index in [9.17, 15) is 9.59 Å². The van der Waals surface area contributed by atoms with Crippen LogP contribution in [-0.2, 0) is 4.74 Å². The van der Waals surface area contributed by atoms with Gasteiger partial charge in [0, 0.05) is 38.1 Å². The van der Waals surface area contributed by atoms with E-state index in [-0.39, 0.29) is 18.0 Å². The molecule has 2 amide bonds. The lowest BCUT2D eigenvalue weighted by Crippen LogP contribution is -2.42. The summed E-state index contributed by atoms with van der Waals surface area (Å²) in [6.07, 6.45) is 3.01. The second kappa shape index (κ2) is 9.21. The number of amides is 2. The molecular formula is C21H26N4O3. The predicted octanol–water partition coefficient (Wildman–Crippen LogP) is 3.39. The second-order valence-electron chi connectivity index (χ2n) is 6.74. The highest BCUT2D eigenvalue weighted by molar-refractivity contribution is 6.05. The molecule has 2 aromatic rings. The van der Waals surface area contributed by atoms with Crippen LogP contribution in [0.3, 0.4) is 0 Å². The highest BCUT2D eigenvalue weighted by Gasteiger charge is 2.23. The smallest absolute Gasteiger partial charge is 0.409 e. The predicted molar refractivity (Wildman–Crippen MR) is 109 cm³/mol. The third-order valence-electron chi connectivity index (χ3n) is 4.83. The summed E-state index contributed by atoms with van der Waals surface area (Å²) in [5, 5.41) is 3.38. The standard InChI is InChI=1S/C21H26N4O3/c1-3-28-21(27)25-13-11-17(12-14-25)23-19-10-9-16(15-22-19)20(26)24(2)18-7-5-4-6-8-18/h4-10,15,17H,3,11-14H2,1-2H3,(H,22,23). The van der Waals surface area contributed by atoms with Crippen molar-refractivity contribution in [2.24, 2.45) is 0 Å². The molecule has 0 bridgehead atoms. The molecule has 0 aliphatic carbocycles. The van der Waals surface area contributed by atoms with Gasteiger partial charge in [-0.05, 0) is 44.0 Å². The molecule has 28 heavy (non-hydrogen) atoms. The van der Waals surface area contributed by atoms with Gasteiger partial charge in [0.05, 0.1) is 12.2 Å². The van der Waals surface area contributed by atoms with Crippen LogP contribution >= 0.6 is 0 Å². The Bertz CT molecular complexity index is 787. The summed E-state index contributed by atoms with van der Waals surface area (Å²) in [6.45, 7) is 3.53. The van der Waals surface area contributed by atoms with E-state index in [2.05, 4.69) is 10.3 Å². The van der Waals surface area contributed by atoms with Gasteiger partial charge in [-0.25, -0.2) is 9.78 Å². The minimum atomic E-state index is -0.246. The number of hydrogen-bond donors (Lipinski definition) is 1. The van der Waals surface area contributed by atoms with E-state index in [1.807, 2.05) is 43.3 Å². The van der Waals surface area contributed by atoms with Gasteiger partial charge in [-0.2, -0.15) is 0 Å². The molecule has 7 heteroatoms. The molecule has 1 aliphatic heterocycles. The van der Waals surface area contributed by atoms with Crippen molar-refractivity contribution in [2.75, 3.05) is 37.0 Å². The molecule has 1 N–H and O–H groups in total. The summed E-state index contributed by atoms with van der Waals surface area (Å²) in [7, 11) is 1.75. The summed E-state index contributed by atoms with van der Waals surface area (Å²) in [5.41, 5.74) is 1.37. The fourth-order valence-corrected chi connectivity index (χ4v) is 3.20. The van der Waals surface area contributed by atoms with Crippen LogP contribution in [0.2, 0.25) is 0 Å². The Labute approximate surface area is 165 Å². The number of pyridine rings is 1. The van der Waals surface area contributed by atoms with Crippen LogP contribution in [0, 0.1) is 0 Å². The number of ether oxygens (including phenoxy) is 1. The van der Waals surface area contributed by atoms with E-state index in [0.29, 0.717) is 25.3 Å². The maximum Gasteiger partial charge on any atom is 0.409 e. The quantitative estimate of drug-likeness (QED) is 0.858. The van der Waals surface area contributed by atoms with E-state index in [4.69, 9.17) is 4.74 Å². The van der Waals surface area contributed by atoms with Crippen molar-refractivity contribution in [3.05, 3.63) is 54.2 Å². The van der Waals surface area contributed by atoms with Crippen molar-refractivity contribution in [2.45, 2.75) is 25.8 Å². The first-order valence-corrected chi connectivity index (χ1v) is 9.56. The van der Waals surface area contributed by atoms with Crippen LogP contribution in [0.25, 0.3) is 0 Å². The number of nitrogens with one attached hydrogen (secondary N) is 1. The number of hydrogen-bond acceptors (Lipinski definition) is 5. The van der Waals surface area contributed by atoms with Gasteiger partial charge in [-0.3, -0.25) is 4.79 Å². The van der Waals surface area contributed by atoms with Crippen molar-refractivity contribution in [3.8, 4) is 0 Å². The van der Waals surface area contributed by atoms with Gasteiger partial charge in [-0.1, -0.05) is 18.2 Å². The molecule has 0 unspecified atom stereocenters. The second-order valence-corrected chi connectivity index (χ2v) is 6.74. The first-order chi connectivity index (χ1) is 13.6. The molecule has 7 nitrogen and oxygen atoms in total. The third-order valence-corrected chi connectivity index (χ3v) is 4.83. The lowest BCUT2D eigenvalue weighted by Gasteiger charge is -2.31. The van der Waals surface area contributed by atoms with Gasteiger partial charge in [0.2, 0.25) is 0 Å². The molecule has 1 fully saturated rings. The molecule has 1 aliphatic rings. The van der Waals surface area contributed by atoms with Crippen LogP contribution < -0.4 is 10.2 Å². The topological polar surface area (TPSA) is 74.8 Å². The summed E-state index contributed by atoms with van der Waals surface area (Å²) < 4.78 is 5.04. The van der Waals surface area contributed by atoms with Crippen molar-refractivity contribution < 1.29 is 14.3 Å². The highest BCUT2D eigenvalue weighted by Crippen LogP contribution is 2.18. The van der Waals surface area contributed by atoms with Crippen LogP contribution in [0.4, 0.5) is 16.3 Å². The first kappa shape index (κ1) is 19.7. The largest absolute Gasteiger partial charge is 0.450 e. The third kappa shape index (κ3) is 4.79. The monoisotopic (exact) mass is 382 g/mol. The number of para-hydroxylation sites is 1. The molecule has 2 heterocycles. The number of carbonyl (C=O) groups is 2. The Kier molecular flexibility index (Phi) is 6.47. The van der Waals surface area contributed by atoms with E-state index in [0.717, 1.165) is 24.3 Å². The van der Waals surface area contributed by atoms with Crippen LogP contribution in [0.1, 0.15) is 30.1 Å². The molecule has 1 aromatic carbocycles. The molecule has 0 spiro atoms. The Hall–Kier alpha value is -3.09. The Balaban J connectivity index is 1.54. The highest BCUT2D eigenvalue weighted by atomic mass is 16.6. The molecule has 3 rings (SSSR count). The zero-order valence-corrected chi connectivity index (χ0v) is 16.3. The van der Waals surface area contributed by atoms with Gasteiger partial charge in [0.25, 0.3) is 5.91 Å². The number of nitrogens with zero attached hydrogens (tertiary/aromatic N) is 3. The minimum Gasteiger partial charge on any atom is -0.450 e. The zero-order valence-electron chi connectivity index (χ0n) is 16.3. The molecular weight excluding hydrogens is 356 g/mol. The number of piperidine rings is 1. The van der Waals surface area contributed by atoms with Gasteiger partial charge in [0.1, 0.15) is 5.82 Å². The average Bonchev–Trinajstić information content (AvgIpc) is 2.74. The Morgan fingerprint density at radius 3 is 2.50 bits per heavy atom. The van der Waals surface area contributed by atoms with Crippen molar-refractivity contribution >= 4 is 23.5 Å². The number of aromatic nitrogens is 1. The fourth-order valence-electron chi connectivity index (χ4n) is 3.20. The van der Waals surface area contributed by atoms with E-state index >= 15 is 0 Å². The number of likely N-dealkylation sites (tertiary alicyclic amines) is 1. The summed E-state index contributed by atoms with van der Waals surface area (Å²) >= 11 is 0. The van der Waals surface area contributed by atoms with E-state index in [1.54, 1.807) is 29.1 Å².